The van der Waals surface area contributed by atoms with Crippen molar-refractivity contribution in [1.29, 1.82) is 0 Å². The Kier molecular flexibility index (Phi) is 11.8. The zero-order valence-electron chi connectivity index (χ0n) is 30.9. The monoisotopic (exact) mass is 728 g/mol. The number of H-pyrrole nitrogens is 1. The molecule has 1 aliphatic heterocycles. The number of fused-ring (bicyclic) bond motifs is 2. The van der Waals surface area contributed by atoms with Crippen molar-refractivity contribution >= 4 is 0 Å². The van der Waals surface area contributed by atoms with Gasteiger partial charge in [0, 0.05) is 73.0 Å². The third-order valence-electron chi connectivity index (χ3n) is 12.3. The van der Waals surface area contributed by atoms with Crippen molar-refractivity contribution in [1.82, 2.24) is 10.3 Å². The lowest BCUT2D eigenvalue weighted by molar-refractivity contribution is -0.154. The summed E-state index contributed by atoms with van der Waals surface area (Å²) in [6.07, 6.45) is 17.5. The van der Waals surface area contributed by atoms with Gasteiger partial charge in [-0.05, 0) is 98.6 Å². The number of aliphatic hydroxyl groups is 2. The Labute approximate surface area is 312 Å². The number of aromatic hydroxyl groups is 3. The van der Waals surface area contributed by atoms with Gasteiger partial charge in [0.2, 0.25) is 5.75 Å². The standard InChI is InChI=1S/C43H56N2O8/c1-3-52-17-5-15-45-29-10-12-30-28(19-29)6-4-7-31(30)33-20-26(9-13-36(33)47)27-8-11-32-37(48)22-39(53-38(32)21-27)40-34(18-25-14-16-44-23-25)43(51-2)42(50)41(49)35(40)24-46/h4,7,9-10,12-14,16,20,23,27-32,37-39,44-50H,3,5-6,8,11,15,17-19,21-22,24H2,1-2H3/t27-,28-,29+,30-,31-,32-,37+,38+,39+/m1/s1. The molecule has 3 aliphatic carbocycles. The molecule has 0 radical (unpaired) electrons. The van der Waals surface area contributed by atoms with Crippen LogP contribution in [-0.4, -0.2) is 75.6 Å². The highest BCUT2D eigenvalue weighted by Gasteiger charge is 2.44. The fourth-order valence-corrected chi connectivity index (χ4v) is 9.68. The van der Waals surface area contributed by atoms with E-state index in [0.717, 1.165) is 68.6 Å². The summed E-state index contributed by atoms with van der Waals surface area (Å²) in [6, 6.07) is 8.34. The Morgan fingerprint density at radius 1 is 1.00 bits per heavy atom. The van der Waals surface area contributed by atoms with E-state index in [1.807, 2.05) is 37.5 Å². The average molecular weight is 729 g/mol. The molecule has 9 atom stereocenters. The Morgan fingerprint density at radius 2 is 1.87 bits per heavy atom. The quantitative estimate of drug-likeness (QED) is 0.0584. The van der Waals surface area contributed by atoms with Gasteiger partial charge in [-0.2, -0.15) is 0 Å². The van der Waals surface area contributed by atoms with Crippen molar-refractivity contribution in [2.45, 2.75) is 101 Å². The first-order valence-corrected chi connectivity index (χ1v) is 19.5. The molecule has 10 heteroatoms. The second kappa shape index (κ2) is 16.7. The third kappa shape index (κ3) is 7.75. The summed E-state index contributed by atoms with van der Waals surface area (Å²) in [5, 5.41) is 58.9. The van der Waals surface area contributed by atoms with E-state index in [1.165, 1.54) is 7.11 Å². The van der Waals surface area contributed by atoms with Gasteiger partial charge in [-0.3, -0.25) is 0 Å². The van der Waals surface area contributed by atoms with E-state index in [0.29, 0.717) is 54.0 Å². The van der Waals surface area contributed by atoms with Crippen molar-refractivity contribution < 1.29 is 39.7 Å². The molecule has 0 unspecified atom stereocenters. The minimum atomic E-state index is -0.644. The number of methoxy groups -OCH3 is 1. The fourth-order valence-electron chi connectivity index (χ4n) is 9.68. The number of phenols is 3. The number of aromatic nitrogens is 1. The molecule has 286 valence electrons. The average Bonchev–Trinajstić information content (AvgIpc) is 3.69. The number of aliphatic hydroxyl groups excluding tert-OH is 2. The van der Waals surface area contributed by atoms with Gasteiger partial charge >= 0.3 is 0 Å². The van der Waals surface area contributed by atoms with E-state index in [4.69, 9.17) is 14.2 Å². The van der Waals surface area contributed by atoms with Gasteiger partial charge in [0.05, 0.1) is 32.0 Å². The molecule has 1 aromatic heterocycles. The molecule has 7 N–H and O–H groups in total. The van der Waals surface area contributed by atoms with Gasteiger partial charge in [-0.15, -0.1) is 0 Å². The summed E-state index contributed by atoms with van der Waals surface area (Å²) in [4.78, 5) is 3.06. The summed E-state index contributed by atoms with van der Waals surface area (Å²) < 4.78 is 18.0. The van der Waals surface area contributed by atoms with Gasteiger partial charge in [-0.25, -0.2) is 0 Å². The van der Waals surface area contributed by atoms with Crippen LogP contribution in [0.15, 0.2) is 61.0 Å². The largest absolute Gasteiger partial charge is 0.508 e. The topological polar surface area (TPSA) is 157 Å². The number of phenolic OH excluding ortho intramolecular Hbond substituents is 2. The summed E-state index contributed by atoms with van der Waals surface area (Å²) in [5.74, 6) is 0.602. The van der Waals surface area contributed by atoms with Crippen molar-refractivity contribution in [3.63, 3.8) is 0 Å². The van der Waals surface area contributed by atoms with Crippen molar-refractivity contribution in [2.75, 3.05) is 26.9 Å². The van der Waals surface area contributed by atoms with Crippen molar-refractivity contribution in [3.8, 4) is 23.0 Å². The molecular formula is C43H56N2O8. The summed E-state index contributed by atoms with van der Waals surface area (Å²) in [6.45, 7) is 3.97. The number of nitrogens with one attached hydrogen (secondary N) is 2. The molecular weight excluding hydrogens is 672 g/mol. The van der Waals surface area contributed by atoms with E-state index in [2.05, 4.69) is 40.7 Å². The van der Waals surface area contributed by atoms with Crippen LogP contribution in [0, 0.1) is 17.8 Å². The number of benzene rings is 2. The normalized spacial score (nSPS) is 29.5. The summed E-state index contributed by atoms with van der Waals surface area (Å²) in [7, 11) is 1.44. The van der Waals surface area contributed by atoms with E-state index in [9.17, 15) is 25.5 Å². The van der Waals surface area contributed by atoms with Gasteiger partial charge in [-0.1, -0.05) is 36.4 Å². The highest BCUT2D eigenvalue weighted by atomic mass is 16.5. The predicted octanol–water partition coefficient (Wildman–Crippen LogP) is 6.62. The lowest BCUT2D eigenvalue weighted by Gasteiger charge is -2.46. The van der Waals surface area contributed by atoms with Crippen LogP contribution >= 0.6 is 0 Å². The van der Waals surface area contributed by atoms with E-state index in [-0.39, 0.29) is 35.2 Å². The first kappa shape index (κ1) is 37.5. The molecule has 1 saturated carbocycles. The van der Waals surface area contributed by atoms with Gasteiger partial charge < -0.3 is 50.0 Å². The Morgan fingerprint density at radius 3 is 2.64 bits per heavy atom. The third-order valence-corrected chi connectivity index (χ3v) is 12.3. The van der Waals surface area contributed by atoms with Crippen molar-refractivity contribution in [2.24, 2.45) is 17.8 Å². The molecule has 4 aliphatic rings. The molecule has 0 spiro atoms. The van der Waals surface area contributed by atoms with E-state index in [1.54, 1.807) is 0 Å². The van der Waals surface area contributed by atoms with Crippen LogP contribution < -0.4 is 10.1 Å². The Hall–Kier alpha value is -3.80. The molecule has 2 aromatic carbocycles. The summed E-state index contributed by atoms with van der Waals surface area (Å²) in [5.41, 5.74) is 4.39. The zero-order valence-corrected chi connectivity index (χ0v) is 30.9. The first-order valence-electron chi connectivity index (χ1n) is 19.5. The molecule has 3 aromatic rings. The minimum absolute atomic E-state index is 0.0486. The Balaban J connectivity index is 1.11. The van der Waals surface area contributed by atoms with Crippen LogP contribution in [0.2, 0.25) is 0 Å². The molecule has 0 bridgehead atoms. The second-order valence-electron chi connectivity index (χ2n) is 15.4. The molecule has 2 fully saturated rings. The van der Waals surface area contributed by atoms with E-state index < -0.39 is 30.3 Å². The van der Waals surface area contributed by atoms with Gasteiger partial charge in [0.15, 0.2) is 11.5 Å². The number of ether oxygens (including phenoxy) is 3. The summed E-state index contributed by atoms with van der Waals surface area (Å²) >= 11 is 0. The van der Waals surface area contributed by atoms with E-state index >= 15 is 0 Å². The molecule has 2 heterocycles. The van der Waals surface area contributed by atoms with Crippen LogP contribution in [-0.2, 0) is 22.5 Å². The van der Waals surface area contributed by atoms with Crippen LogP contribution in [0.1, 0.15) is 103 Å². The first-order chi connectivity index (χ1) is 25.8. The second-order valence-corrected chi connectivity index (χ2v) is 15.4. The smallest absolute Gasteiger partial charge is 0.201 e. The number of allylic oxidation sites excluding steroid dienone is 3. The molecule has 0 amide bonds. The molecule has 1 saturated heterocycles. The van der Waals surface area contributed by atoms with Crippen LogP contribution in [0.25, 0.3) is 0 Å². The number of rotatable bonds is 13. The number of hydrogen-bond donors (Lipinski definition) is 7. The zero-order chi connectivity index (χ0) is 37.1. The highest BCUT2D eigenvalue weighted by Crippen LogP contribution is 2.53. The molecule has 53 heavy (non-hydrogen) atoms. The predicted molar refractivity (Wildman–Crippen MR) is 202 cm³/mol. The minimum Gasteiger partial charge on any atom is -0.508 e. The van der Waals surface area contributed by atoms with Crippen LogP contribution in [0.3, 0.4) is 0 Å². The SMILES string of the molecule is CCOCCCN[C@H]1C=C[C@@H]2[C@H](CC=C[C@H]2c2cc([C@@H]3CC[C@H]4[C@H](C3)O[C@H](c3c(CO)c(O)c(O)c(OC)c3Cc3cc[nH]c3)C[C@@H]4O)ccc2O)C1. The molecule has 10 nitrogen and oxygen atoms in total. The van der Waals surface area contributed by atoms with Crippen LogP contribution in [0.5, 0.6) is 23.0 Å². The maximum atomic E-state index is 11.6. The fraction of sp³-hybridized carbons (Fsp3) is 0.535. The molecule has 7 rings (SSSR count). The van der Waals surface area contributed by atoms with Crippen molar-refractivity contribution in [3.05, 3.63) is 94.3 Å². The maximum Gasteiger partial charge on any atom is 0.201 e. The van der Waals surface area contributed by atoms with Gasteiger partial charge in [0.25, 0.3) is 0 Å². The number of hydrogen-bond acceptors (Lipinski definition) is 9. The van der Waals surface area contributed by atoms with Gasteiger partial charge in [0.1, 0.15) is 5.75 Å². The lowest BCUT2D eigenvalue weighted by Crippen LogP contribution is -2.44. The maximum absolute atomic E-state index is 11.6. The number of aromatic amines is 1. The highest BCUT2D eigenvalue weighted by molar-refractivity contribution is 5.64. The Bertz CT molecular complexity index is 1760. The lowest BCUT2D eigenvalue weighted by atomic mass is 9.67. The van der Waals surface area contributed by atoms with Crippen LogP contribution in [0.4, 0.5) is 0 Å².